The van der Waals surface area contributed by atoms with Crippen molar-refractivity contribution in [2.45, 2.75) is 13.3 Å². The second kappa shape index (κ2) is 7.76. The number of aromatic hydroxyl groups is 1. The molecular formula is C21H17N3O4S. The highest BCUT2D eigenvalue weighted by molar-refractivity contribution is 7.80. The van der Waals surface area contributed by atoms with Gasteiger partial charge in [0.1, 0.15) is 11.3 Å². The number of aryl methyl sites for hydroxylation is 1. The number of anilines is 1. The summed E-state index contributed by atoms with van der Waals surface area (Å²) in [6.45, 7) is 2.07. The second-order valence-corrected chi connectivity index (χ2v) is 6.70. The molecule has 4 aromatic rings. The Hall–Kier alpha value is -3.65. The zero-order valence-corrected chi connectivity index (χ0v) is 16.2. The molecule has 8 heteroatoms. The highest BCUT2D eigenvalue weighted by Crippen LogP contribution is 2.33. The summed E-state index contributed by atoms with van der Waals surface area (Å²) in [5.41, 5.74) is 3.47. The summed E-state index contributed by atoms with van der Waals surface area (Å²) >= 11 is 5.17. The van der Waals surface area contributed by atoms with E-state index in [-0.39, 0.29) is 16.6 Å². The Morgan fingerprint density at radius 3 is 2.83 bits per heavy atom. The lowest BCUT2D eigenvalue weighted by molar-refractivity contribution is 0.0950. The molecule has 2 heterocycles. The number of rotatable bonds is 4. The number of amides is 1. The molecule has 2 aromatic carbocycles. The van der Waals surface area contributed by atoms with Gasteiger partial charge in [-0.3, -0.25) is 10.1 Å². The fourth-order valence-corrected chi connectivity index (χ4v) is 3.04. The van der Waals surface area contributed by atoms with Gasteiger partial charge in [0.05, 0.1) is 11.8 Å². The van der Waals surface area contributed by atoms with Crippen LogP contribution in [0, 0.1) is 0 Å². The van der Waals surface area contributed by atoms with Crippen LogP contribution < -0.4 is 10.6 Å². The van der Waals surface area contributed by atoms with Crippen LogP contribution in [0.3, 0.4) is 0 Å². The van der Waals surface area contributed by atoms with E-state index in [0.717, 1.165) is 17.5 Å². The fourth-order valence-electron chi connectivity index (χ4n) is 2.83. The molecule has 0 saturated heterocycles. The van der Waals surface area contributed by atoms with Crippen molar-refractivity contribution in [1.29, 1.82) is 0 Å². The van der Waals surface area contributed by atoms with Gasteiger partial charge in [0.15, 0.2) is 16.5 Å². The average molecular weight is 407 g/mol. The molecule has 0 aliphatic heterocycles. The van der Waals surface area contributed by atoms with Crippen LogP contribution in [0.1, 0.15) is 23.0 Å². The molecule has 1 amide bonds. The minimum Gasteiger partial charge on any atom is -0.507 e. The Bertz CT molecular complexity index is 1200. The third kappa shape index (κ3) is 3.97. The predicted octanol–water partition coefficient (Wildman–Crippen LogP) is 4.48. The van der Waals surface area contributed by atoms with Gasteiger partial charge in [-0.1, -0.05) is 13.0 Å². The Morgan fingerprint density at radius 1 is 1.21 bits per heavy atom. The van der Waals surface area contributed by atoms with Gasteiger partial charge >= 0.3 is 0 Å². The standard InChI is InChI=1S/C21H17N3O4S/c1-2-12-5-8-17-15(10-12)23-20(28-17)14-11-13(6-7-16(14)25)22-21(29)24-19(26)18-4-3-9-27-18/h3-11,25H,2H2,1H3,(H2,22,24,26,29). The topological polar surface area (TPSA) is 101 Å². The Morgan fingerprint density at radius 2 is 2.07 bits per heavy atom. The normalized spacial score (nSPS) is 10.8. The third-order valence-corrected chi connectivity index (χ3v) is 4.52. The number of fused-ring (bicyclic) bond motifs is 1. The van der Waals surface area contributed by atoms with Crippen LogP contribution in [0.25, 0.3) is 22.6 Å². The number of nitrogens with zero attached hydrogens (tertiary/aromatic N) is 1. The first-order chi connectivity index (χ1) is 14.0. The number of benzene rings is 2. The Labute approximate surface area is 171 Å². The summed E-state index contributed by atoms with van der Waals surface area (Å²) in [4.78, 5) is 16.5. The first-order valence-electron chi connectivity index (χ1n) is 8.92. The molecular weight excluding hydrogens is 390 g/mol. The molecule has 0 aliphatic rings. The lowest BCUT2D eigenvalue weighted by Gasteiger charge is -2.10. The lowest BCUT2D eigenvalue weighted by Crippen LogP contribution is -2.33. The number of carbonyl (C=O) groups is 1. The van der Waals surface area contributed by atoms with Gasteiger partial charge in [0.2, 0.25) is 5.89 Å². The minimum absolute atomic E-state index is 0.0170. The Balaban J connectivity index is 1.56. The molecule has 0 atom stereocenters. The van der Waals surface area contributed by atoms with Crippen molar-refractivity contribution in [2.24, 2.45) is 0 Å². The zero-order chi connectivity index (χ0) is 20.4. The molecule has 3 N–H and O–H groups in total. The maximum absolute atomic E-state index is 12.0. The molecule has 29 heavy (non-hydrogen) atoms. The van der Waals surface area contributed by atoms with Gasteiger partial charge in [0.25, 0.3) is 5.91 Å². The van der Waals surface area contributed by atoms with E-state index in [2.05, 4.69) is 22.5 Å². The molecule has 0 bridgehead atoms. The molecule has 0 fully saturated rings. The van der Waals surface area contributed by atoms with Gasteiger partial charge in [-0.05, 0) is 66.7 Å². The molecule has 0 aliphatic carbocycles. The number of phenols is 1. The highest BCUT2D eigenvalue weighted by Gasteiger charge is 2.15. The van der Waals surface area contributed by atoms with Gasteiger partial charge in [0, 0.05) is 5.69 Å². The van der Waals surface area contributed by atoms with Crippen molar-refractivity contribution in [3.8, 4) is 17.2 Å². The van der Waals surface area contributed by atoms with Crippen molar-refractivity contribution < 1.29 is 18.7 Å². The zero-order valence-electron chi connectivity index (χ0n) is 15.4. The number of hydrogen-bond donors (Lipinski definition) is 3. The number of nitrogens with one attached hydrogen (secondary N) is 2. The summed E-state index contributed by atoms with van der Waals surface area (Å²) in [7, 11) is 0. The van der Waals surface area contributed by atoms with E-state index in [4.69, 9.17) is 21.1 Å². The SMILES string of the molecule is CCc1ccc2oc(-c3cc(NC(=S)NC(=O)c4ccco4)ccc3O)nc2c1. The van der Waals surface area contributed by atoms with Crippen molar-refractivity contribution in [3.05, 3.63) is 66.1 Å². The number of phenolic OH excluding ortho intramolecular Hbond substituents is 1. The number of furan rings is 1. The molecule has 0 radical (unpaired) electrons. The van der Waals surface area contributed by atoms with Crippen LogP contribution in [0.2, 0.25) is 0 Å². The third-order valence-electron chi connectivity index (χ3n) is 4.32. The van der Waals surface area contributed by atoms with E-state index in [9.17, 15) is 9.90 Å². The first-order valence-corrected chi connectivity index (χ1v) is 9.33. The van der Waals surface area contributed by atoms with Crippen LogP contribution in [-0.4, -0.2) is 21.1 Å². The van der Waals surface area contributed by atoms with Crippen LogP contribution >= 0.6 is 12.2 Å². The maximum atomic E-state index is 12.0. The van der Waals surface area contributed by atoms with Gasteiger partial charge < -0.3 is 19.3 Å². The monoisotopic (exact) mass is 407 g/mol. The first kappa shape index (κ1) is 18.7. The summed E-state index contributed by atoms with van der Waals surface area (Å²) < 4.78 is 10.8. The van der Waals surface area contributed by atoms with Crippen LogP contribution in [0.15, 0.2) is 63.6 Å². The van der Waals surface area contributed by atoms with Crippen LogP contribution in [-0.2, 0) is 6.42 Å². The number of aromatic nitrogens is 1. The van der Waals surface area contributed by atoms with E-state index >= 15 is 0 Å². The largest absolute Gasteiger partial charge is 0.507 e. The van der Waals surface area contributed by atoms with Crippen molar-refractivity contribution in [3.63, 3.8) is 0 Å². The van der Waals surface area contributed by atoms with Crippen LogP contribution in [0.5, 0.6) is 5.75 Å². The van der Waals surface area contributed by atoms with E-state index in [0.29, 0.717) is 22.7 Å². The molecule has 0 unspecified atom stereocenters. The molecule has 2 aromatic heterocycles. The molecule has 4 rings (SSSR count). The summed E-state index contributed by atoms with van der Waals surface area (Å²) in [6.07, 6.45) is 2.30. The highest BCUT2D eigenvalue weighted by atomic mass is 32.1. The lowest BCUT2D eigenvalue weighted by atomic mass is 10.1. The summed E-state index contributed by atoms with van der Waals surface area (Å²) in [6, 6.07) is 13.7. The summed E-state index contributed by atoms with van der Waals surface area (Å²) in [5, 5.41) is 15.8. The number of hydrogen-bond acceptors (Lipinski definition) is 6. The Kier molecular flexibility index (Phi) is 5.01. The van der Waals surface area contributed by atoms with Gasteiger partial charge in [-0.2, -0.15) is 0 Å². The van der Waals surface area contributed by atoms with Crippen LogP contribution in [0.4, 0.5) is 5.69 Å². The van der Waals surface area contributed by atoms with Gasteiger partial charge in [-0.25, -0.2) is 4.98 Å². The number of thiocarbonyl (C=S) groups is 1. The average Bonchev–Trinajstić information content (AvgIpc) is 3.38. The number of carbonyl (C=O) groups excluding carboxylic acids is 1. The van der Waals surface area contributed by atoms with Crippen molar-refractivity contribution >= 4 is 40.0 Å². The minimum atomic E-state index is -0.461. The smallest absolute Gasteiger partial charge is 0.293 e. The second-order valence-electron chi connectivity index (χ2n) is 6.29. The predicted molar refractivity (Wildman–Crippen MR) is 113 cm³/mol. The van der Waals surface area contributed by atoms with E-state index < -0.39 is 5.91 Å². The molecule has 7 nitrogen and oxygen atoms in total. The van der Waals surface area contributed by atoms with Crippen molar-refractivity contribution in [2.75, 3.05) is 5.32 Å². The maximum Gasteiger partial charge on any atom is 0.293 e. The van der Waals surface area contributed by atoms with E-state index in [1.54, 1.807) is 18.2 Å². The molecule has 0 saturated carbocycles. The quantitative estimate of drug-likeness (QED) is 0.339. The molecule has 0 spiro atoms. The van der Waals surface area contributed by atoms with Gasteiger partial charge in [-0.15, -0.1) is 0 Å². The van der Waals surface area contributed by atoms with Crippen molar-refractivity contribution in [1.82, 2.24) is 10.3 Å². The molecule has 146 valence electrons. The number of oxazole rings is 1. The fraction of sp³-hybridized carbons (Fsp3) is 0.0952. The summed E-state index contributed by atoms with van der Waals surface area (Å²) in [5.74, 6) is -0.000969. The van der Waals surface area contributed by atoms with E-state index in [1.165, 1.54) is 18.4 Å². The van der Waals surface area contributed by atoms with E-state index in [1.807, 2.05) is 18.2 Å².